The quantitative estimate of drug-likeness (QED) is 0.617. The molecule has 12 heavy (non-hydrogen) atoms. The van der Waals surface area contributed by atoms with Crippen LogP contribution in [0.2, 0.25) is 0 Å². The van der Waals surface area contributed by atoms with Gasteiger partial charge in [0.25, 0.3) is 0 Å². The van der Waals surface area contributed by atoms with Crippen LogP contribution in [0.3, 0.4) is 0 Å². The van der Waals surface area contributed by atoms with E-state index in [2.05, 4.69) is 17.5 Å². The molecule has 5 heteroatoms. The molecule has 0 saturated carbocycles. The molecule has 0 aromatic carbocycles. The van der Waals surface area contributed by atoms with Crippen molar-refractivity contribution in [1.82, 2.24) is 15.6 Å². The van der Waals surface area contributed by atoms with E-state index in [0.29, 0.717) is 5.16 Å². The van der Waals surface area contributed by atoms with Crippen LogP contribution in [0, 0.1) is 0 Å². The molecule has 0 bridgehead atoms. The van der Waals surface area contributed by atoms with Crippen molar-refractivity contribution in [1.29, 1.82) is 0 Å². The fourth-order valence-corrected chi connectivity index (χ4v) is 1.24. The molecule has 0 atom stereocenters. The van der Waals surface area contributed by atoms with Gasteiger partial charge in [0.1, 0.15) is 11.5 Å². The van der Waals surface area contributed by atoms with Crippen LogP contribution in [0.1, 0.15) is 6.92 Å². The lowest BCUT2D eigenvalue weighted by Crippen LogP contribution is -2.39. The predicted molar refractivity (Wildman–Crippen MR) is 47.9 cm³/mol. The number of nitrogens with zero attached hydrogens (tertiary/aromatic N) is 3. The van der Waals surface area contributed by atoms with E-state index in [-0.39, 0.29) is 0 Å². The number of fused-ring (bicyclic) bond motifs is 1. The van der Waals surface area contributed by atoms with E-state index in [1.807, 2.05) is 22.3 Å². The minimum absolute atomic E-state index is 0.511. The molecule has 2 heterocycles. The van der Waals surface area contributed by atoms with E-state index in [4.69, 9.17) is 11.6 Å². The zero-order valence-corrected chi connectivity index (χ0v) is 7.41. The number of aliphatic imine (C=N–C) groups is 1. The van der Waals surface area contributed by atoms with Gasteiger partial charge >= 0.3 is 0 Å². The van der Waals surface area contributed by atoms with Gasteiger partial charge in [-0.25, -0.2) is 10.0 Å². The topological polar surface area (TPSA) is 30.9 Å². The first-order valence-electron chi connectivity index (χ1n) is 3.75. The van der Waals surface area contributed by atoms with Crippen molar-refractivity contribution in [2.24, 2.45) is 4.99 Å². The van der Waals surface area contributed by atoms with Crippen LogP contribution in [0.15, 0.2) is 28.1 Å². The summed E-state index contributed by atoms with van der Waals surface area (Å²) in [6.07, 6.45) is 5.45. The number of nitrogens with one attached hydrogen (secondary N) is 1. The van der Waals surface area contributed by atoms with Gasteiger partial charge in [0.2, 0.25) is 0 Å². The summed E-state index contributed by atoms with van der Waals surface area (Å²) >= 11 is 5.72. The highest BCUT2D eigenvalue weighted by atomic mass is 35.5. The van der Waals surface area contributed by atoms with Gasteiger partial charge in [-0.05, 0) is 6.92 Å². The lowest BCUT2D eigenvalue weighted by atomic mass is 10.4. The Balaban J connectivity index is 2.22. The van der Waals surface area contributed by atoms with Crippen LogP contribution >= 0.6 is 11.6 Å². The summed E-state index contributed by atoms with van der Waals surface area (Å²) in [5.41, 5.74) is 4.10. The van der Waals surface area contributed by atoms with Crippen molar-refractivity contribution < 1.29 is 0 Å². The van der Waals surface area contributed by atoms with Gasteiger partial charge in [-0.15, -0.1) is 5.53 Å². The standard InChI is InChI=1S/C7H9ClN4/c1-2-11-4-6-3-7(8)9-5-12(6)10-11/h3-5,10H,2H2,1H3. The second-order valence-corrected chi connectivity index (χ2v) is 2.91. The summed E-state index contributed by atoms with van der Waals surface area (Å²) in [4.78, 5) is 3.94. The van der Waals surface area contributed by atoms with Gasteiger partial charge in [0, 0.05) is 18.8 Å². The Morgan fingerprint density at radius 2 is 2.50 bits per heavy atom. The van der Waals surface area contributed by atoms with Gasteiger partial charge in [0.15, 0.2) is 0 Å². The molecule has 0 amide bonds. The molecule has 4 nitrogen and oxygen atoms in total. The number of rotatable bonds is 1. The van der Waals surface area contributed by atoms with Crippen LogP contribution in [-0.4, -0.2) is 22.9 Å². The molecular weight excluding hydrogens is 176 g/mol. The van der Waals surface area contributed by atoms with E-state index in [1.165, 1.54) is 0 Å². The summed E-state index contributed by atoms with van der Waals surface area (Å²) in [7, 11) is 0. The Morgan fingerprint density at radius 1 is 1.67 bits per heavy atom. The highest BCUT2D eigenvalue weighted by Gasteiger charge is 2.18. The number of hydrogen-bond acceptors (Lipinski definition) is 4. The Morgan fingerprint density at radius 3 is 3.25 bits per heavy atom. The molecule has 0 unspecified atom stereocenters. The number of halogens is 1. The third-order valence-corrected chi connectivity index (χ3v) is 1.91. The minimum atomic E-state index is 0.511. The molecule has 0 saturated heterocycles. The first-order chi connectivity index (χ1) is 5.79. The van der Waals surface area contributed by atoms with Crippen LogP contribution in [-0.2, 0) is 0 Å². The Labute approximate surface area is 75.7 Å². The van der Waals surface area contributed by atoms with Crippen molar-refractivity contribution in [2.75, 3.05) is 6.54 Å². The zero-order chi connectivity index (χ0) is 8.55. The van der Waals surface area contributed by atoms with Crippen LogP contribution in [0.25, 0.3) is 0 Å². The largest absolute Gasteiger partial charge is 0.296 e. The molecule has 0 aromatic heterocycles. The second kappa shape index (κ2) is 2.80. The van der Waals surface area contributed by atoms with Crippen LogP contribution < -0.4 is 5.53 Å². The van der Waals surface area contributed by atoms with E-state index in [0.717, 1.165) is 12.2 Å². The molecule has 2 aliphatic heterocycles. The first-order valence-corrected chi connectivity index (χ1v) is 4.13. The Bertz CT molecular complexity index is 281. The molecule has 64 valence electrons. The fourth-order valence-electron chi connectivity index (χ4n) is 1.08. The summed E-state index contributed by atoms with van der Waals surface area (Å²) in [6, 6.07) is 0. The number of hydrogen-bond donors (Lipinski definition) is 1. The lowest BCUT2D eigenvalue weighted by molar-refractivity contribution is 0.204. The minimum Gasteiger partial charge on any atom is -0.296 e. The van der Waals surface area contributed by atoms with Gasteiger partial charge in [0.05, 0.1) is 5.70 Å². The second-order valence-electron chi connectivity index (χ2n) is 2.52. The van der Waals surface area contributed by atoms with E-state index >= 15 is 0 Å². The van der Waals surface area contributed by atoms with E-state index in [9.17, 15) is 0 Å². The first kappa shape index (κ1) is 7.64. The van der Waals surface area contributed by atoms with Crippen molar-refractivity contribution in [3.8, 4) is 0 Å². The summed E-state index contributed by atoms with van der Waals surface area (Å²) < 4.78 is 0. The molecule has 1 N–H and O–H groups in total. The van der Waals surface area contributed by atoms with Crippen molar-refractivity contribution >= 4 is 17.9 Å². The average molecular weight is 185 g/mol. The van der Waals surface area contributed by atoms with Crippen molar-refractivity contribution in [3.63, 3.8) is 0 Å². The Hall–Kier alpha value is -1.00. The van der Waals surface area contributed by atoms with Crippen LogP contribution in [0.5, 0.6) is 0 Å². The highest BCUT2D eigenvalue weighted by molar-refractivity contribution is 6.30. The normalized spacial score (nSPS) is 20.8. The fraction of sp³-hybridized carbons (Fsp3) is 0.286. The number of allylic oxidation sites excluding steroid dienone is 1. The monoisotopic (exact) mass is 184 g/mol. The van der Waals surface area contributed by atoms with Crippen molar-refractivity contribution in [2.45, 2.75) is 6.92 Å². The summed E-state index contributed by atoms with van der Waals surface area (Å²) in [5, 5.41) is 4.28. The molecular formula is C7H9ClN4. The molecule has 2 rings (SSSR count). The molecule has 0 spiro atoms. The van der Waals surface area contributed by atoms with E-state index in [1.54, 1.807) is 6.34 Å². The third kappa shape index (κ3) is 1.19. The third-order valence-electron chi connectivity index (χ3n) is 1.71. The maximum atomic E-state index is 5.72. The molecule has 0 radical (unpaired) electrons. The highest BCUT2D eigenvalue weighted by Crippen LogP contribution is 2.19. The van der Waals surface area contributed by atoms with Gasteiger partial charge in [-0.1, -0.05) is 11.6 Å². The van der Waals surface area contributed by atoms with Gasteiger partial charge in [-0.2, -0.15) is 0 Å². The summed E-state index contributed by atoms with van der Waals surface area (Å²) in [5.74, 6) is 0. The maximum Gasteiger partial charge on any atom is 0.133 e. The molecule has 2 aliphatic rings. The van der Waals surface area contributed by atoms with Gasteiger partial charge in [-0.3, -0.25) is 5.01 Å². The Kier molecular flexibility index (Phi) is 1.78. The zero-order valence-electron chi connectivity index (χ0n) is 6.66. The molecule has 0 aromatic rings. The van der Waals surface area contributed by atoms with Crippen LogP contribution in [0.4, 0.5) is 0 Å². The molecule has 0 aliphatic carbocycles. The average Bonchev–Trinajstić information content (AvgIpc) is 2.46. The van der Waals surface area contributed by atoms with E-state index < -0.39 is 0 Å². The lowest BCUT2D eigenvalue weighted by Gasteiger charge is -2.20. The molecule has 0 fully saturated rings. The SMILES string of the molecule is CCN1C=C2C=C(Cl)N=CN2N1. The smallest absolute Gasteiger partial charge is 0.133 e. The number of hydrazine groups is 2. The van der Waals surface area contributed by atoms with Gasteiger partial charge < -0.3 is 0 Å². The predicted octanol–water partition coefficient (Wildman–Crippen LogP) is 1.01. The maximum absolute atomic E-state index is 5.72. The van der Waals surface area contributed by atoms with Crippen molar-refractivity contribution in [3.05, 3.63) is 23.1 Å². The summed E-state index contributed by atoms with van der Waals surface area (Å²) in [6.45, 7) is 2.96.